The second-order valence-corrected chi connectivity index (χ2v) is 9.89. The zero-order valence-corrected chi connectivity index (χ0v) is 20.6. The first-order valence-corrected chi connectivity index (χ1v) is 12.4. The number of carbonyl (C=O) groups is 1. The van der Waals surface area contributed by atoms with Gasteiger partial charge < -0.3 is 19.0 Å². The molecule has 1 amide bonds. The van der Waals surface area contributed by atoms with Crippen molar-refractivity contribution in [2.24, 2.45) is 0 Å². The number of methoxy groups -OCH3 is 1. The Bertz CT molecular complexity index is 1500. The average molecular weight is 502 g/mol. The van der Waals surface area contributed by atoms with Gasteiger partial charge in [0.25, 0.3) is 5.91 Å². The topological polar surface area (TPSA) is 115 Å². The normalized spacial score (nSPS) is 11.6. The van der Waals surface area contributed by atoms with Gasteiger partial charge in [-0.05, 0) is 44.2 Å². The molecule has 0 aliphatic heterocycles. The monoisotopic (exact) mass is 501 g/mol. The highest BCUT2D eigenvalue weighted by Gasteiger charge is 2.28. The molecular formula is C24H24FN3O6S. The molecule has 0 unspecified atom stereocenters. The minimum absolute atomic E-state index is 0.0459. The molecule has 0 atom stereocenters. The maximum atomic E-state index is 13.5. The fraction of sp³-hybridized carbons (Fsp3) is 0.250. The number of ether oxygens (including phenoxy) is 1. The Morgan fingerprint density at radius 2 is 1.89 bits per heavy atom. The molecule has 0 saturated heterocycles. The highest BCUT2D eigenvalue weighted by molar-refractivity contribution is 7.92. The number of rotatable bonds is 7. The summed E-state index contributed by atoms with van der Waals surface area (Å²) in [5.74, 6) is 0.0724. The van der Waals surface area contributed by atoms with Gasteiger partial charge >= 0.3 is 0 Å². The van der Waals surface area contributed by atoms with Crippen LogP contribution in [0.1, 0.15) is 27.4 Å². The molecule has 4 rings (SSSR count). The van der Waals surface area contributed by atoms with E-state index in [0.29, 0.717) is 28.0 Å². The van der Waals surface area contributed by atoms with Gasteiger partial charge in [0.15, 0.2) is 0 Å². The minimum Gasteiger partial charge on any atom is -0.495 e. The lowest BCUT2D eigenvalue weighted by molar-refractivity contribution is 0.0964. The summed E-state index contributed by atoms with van der Waals surface area (Å²) >= 11 is 0. The number of benzene rings is 2. The third-order valence-corrected chi connectivity index (χ3v) is 6.83. The van der Waals surface area contributed by atoms with Crippen molar-refractivity contribution in [3.05, 3.63) is 64.8 Å². The Kier molecular flexibility index (Phi) is 6.28. The molecular weight excluding hydrogens is 477 g/mol. The molecule has 35 heavy (non-hydrogen) atoms. The van der Waals surface area contributed by atoms with Gasteiger partial charge in [-0.2, -0.15) is 0 Å². The number of carbonyl (C=O) groups excluding carboxylic acids is 1. The number of sulfonamides is 1. The molecule has 11 heteroatoms. The lowest BCUT2D eigenvalue weighted by Gasteiger charge is -2.24. The molecule has 2 aromatic heterocycles. The van der Waals surface area contributed by atoms with E-state index in [4.69, 9.17) is 13.7 Å². The van der Waals surface area contributed by atoms with E-state index in [1.807, 2.05) is 0 Å². The third kappa shape index (κ3) is 4.46. The Morgan fingerprint density at radius 3 is 2.43 bits per heavy atom. The summed E-state index contributed by atoms with van der Waals surface area (Å²) in [5, 5.41) is 6.90. The number of aromatic nitrogens is 1. The second kappa shape index (κ2) is 9.06. The molecule has 2 aromatic carbocycles. The first kappa shape index (κ1) is 24.3. The van der Waals surface area contributed by atoms with E-state index in [1.54, 1.807) is 19.9 Å². The van der Waals surface area contributed by atoms with Crippen LogP contribution >= 0.6 is 0 Å². The number of anilines is 1. The van der Waals surface area contributed by atoms with E-state index >= 15 is 0 Å². The highest BCUT2D eigenvalue weighted by Crippen LogP contribution is 2.41. The number of furan rings is 1. The molecule has 1 N–H and O–H groups in total. The Morgan fingerprint density at radius 1 is 1.20 bits per heavy atom. The van der Waals surface area contributed by atoms with Crippen LogP contribution in [0.3, 0.4) is 0 Å². The number of amides is 1. The summed E-state index contributed by atoms with van der Waals surface area (Å²) in [5.41, 5.74) is 2.36. The number of fused-ring (bicyclic) bond motifs is 1. The first-order valence-electron chi connectivity index (χ1n) is 10.6. The van der Waals surface area contributed by atoms with E-state index in [-0.39, 0.29) is 34.9 Å². The molecule has 0 saturated carbocycles. The maximum Gasteiger partial charge on any atom is 0.255 e. The maximum absolute atomic E-state index is 13.5. The van der Waals surface area contributed by atoms with E-state index in [0.717, 1.165) is 10.6 Å². The summed E-state index contributed by atoms with van der Waals surface area (Å²) in [7, 11) is -0.902. The summed E-state index contributed by atoms with van der Waals surface area (Å²) in [6.07, 6.45) is 1.08. The van der Waals surface area contributed by atoms with Crippen LogP contribution in [0.4, 0.5) is 10.1 Å². The van der Waals surface area contributed by atoms with Crippen LogP contribution in [-0.2, 0) is 16.6 Å². The number of aryl methyl sites for hydroxylation is 2. The van der Waals surface area contributed by atoms with Crippen molar-refractivity contribution >= 4 is 32.6 Å². The standard InChI is InChI=1S/C24H24FN3O6S/c1-13-18(14(2)34-27-13)12-28(35(5,30)31)19-11-20-17(10-21(19)32-4)22(24(29)26-3)23(33-20)15-6-8-16(25)9-7-15/h6-11H,12H2,1-5H3,(H,26,29). The Balaban J connectivity index is 1.96. The summed E-state index contributed by atoms with van der Waals surface area (Å²) in [4.78, 5) is 12.8. The zero-order valence-electron chi connectivity index (χ0n) is 19.8. The summed E-state index contributed by atoms with van der Waals surface area (Å²) in [6.45, 7) is 3.38. The van der Waals surface area contributed by atoms with Gasteiger partial charge in [0.05, 0.1) is 36.9 Å². The van der Waals surface area contributed by atoms with Crippen LogP contribution < -0.4 is 14.4 Å². The molecule has 2 heterocycles. The lowest BCUT2D eigenvalue weighted by Crippen LogP contribution is -2.30. The predicted molar refractivity (Wildman–Crippen MR) is 129 cm³/mol. The number of hydrogen-bond acceptors (Lipinski definition) is 7. The summed E-state index contributed by atoms with van der Waals surface area (Å²) in [6, 6.07) is 8.58. The molecule has 0 spiro atoms. The van der Waals surface area contributed by atoms with Gasteiger partial charge in [-0.1, -0.05) is 5.16 Å². The van der Waals surface area contributed by atoms with Gasteiger partial charge in [-0.3, -0.25) is 9.10 Å². The van der Waals surface area contributed by atoms with Gasteiger partial charge in [0.2, 0.25) is 10.0 Å². The molecule has 0 radical (unpaired) electrons. The molecule has 0 aliphatic rings. The zero-order chi connectivity index (χ0) is 25.5. The first-order chi connectivity index (χ1) is 16.5. The van der Waals surface area contributed by atoms with Crippen LogP contribution in [0.5, 0.6) is 5.75 Å². The van der Waals surface area contributed by atoms with Crippen molar-refractivity contribution in [2.75, 3.05) is 24.7 Å². The van der Waals surface area contributed by atoms with E-state index in [9.17, 15) is 17.6 Å². The molecule has 9 nitrogen and oxygen atoms in total. The van der Waals surface area contributed by atoms with Crippen LogP contribution in [0.25, 0.3) is 22.3 Å². The SMILES string of the molecule is CNC(=O)c1c(-c2ccc(F)cc2)oc2cc(N(Cc3c(C)noc3C)S(C)(=O)=O)c(OC)cc12. The smallest absolute Gasteiger partial charge is 0.255 e. The fourth-order valence-corrected chi connectivity index (χ4v) is 4.74. The van der Waals surface area contributed by atoms with Crippen LogP contribution in [-0.4, -0.2) is 39.9 Å². The molecule has 184 valence electrons. The van der Waals surface area contributed by atoms with Crippen LogP contribution in [0.2, 0.25) is 0 Å². The van der Waals surface area contributed by atoms with Crippen molar-refractivity contribution in [3.63, 3.8) is 0 Å². The minimum atomic E-state index is -3.79. The quantitative estimate of drug-likeness (QED) is 0.404. The van der Waals surface area contributed by atoms with Gasteiger partial charge in [0.1, 0.15) is 28.7 Å². The summed E-state index contributed by atoms with van der Waals surface area (Å²) < 4.78 is 57.1. The van der Waals surface area contributed by atoms with Gasteiger partial charge in [0, 0.05) is 29.6 Å². The second-order valence-electron chi connectivity index (χ2n) is 7.98. The van der Waals surface area contributed by atoms with Crippen LogP contribution in [0.15, 0.2) is 45.3 Å². The van der Waals surface area contributed by atoms with Crippen molar-refractivity contribution in [3.8, 4) is 17.1 Å². The number of halogens is 1. The largest absolute Gasteiger partial charge is 0.495 e. The third-order valence-electron chi connectivity index (χ3n) is 5.70. The lowest BCUT2D eigenvalue weighted by atomic mass is 10.0. The molecule has 0 fully saturated rings. The Hall–Kier alpha value is -3.86. The van der Waals surface area contributed by atoms with Gasteiger partial charge in [-0.15, -0.1) is 0 Å². The highest BCUT2D eigenvalue weighted by atomic mass is 32.2. The molecule has 4 aromatic rings. The fourth-order valence-electron chi connectivity index (χ4n) is 3.88. The number of nitrogens with zero attached hydrogens (tertiary/aromatic N) is 2. The number of nitrogens with one attached hydrogen (secondary N) is 1. The van der Waals surface area contributed by atoms with Crippen molar-refractivity contribution in [1.82, 2.24) is 10.5 Å². The van der Waals surface area contributed by atoms with Gasteiger partial charge in [-0.25, -0.2) is 12.8 Å². The predicted octanol–water partition coefficient (Wildman–Crippen LogP) is 4.18. The van der Waals surface area contributed by atoms with E-state index in [1.165, 1.54) is 44.5 Å². The van der Waals surface area contributed by atoms with E-state index in [2.05, 4.69) is 10.5 Å². The Labute approximate surface area is 201 Å². The van der Waals surface area contributed by atoms with E-state index < -0.39 is 21.7 Å². The van der Waals surface area contributed by atoms with Crippen LogP contribution in [0, 0.1) is 19.7 Å². The molecule has 0 aliphatic carbocycles. The van der Waals surface area contributed by atoms with Crippen molar-refractivity contribution in [1.29, 1.82) is 0 Å². The number of hydrogen-bond donors (Lipinski definition) is 1. The average Bonchev–Trinajstić information content (AvgIpc) is 3.34. The molecule has 0 bridgehead atoms. The van der Waals surface area contributed by atoms with Crippen molar-refractivity contribution in [2.45, 2.75) is 20.4 Å². The van der Waals surface area contributed by atoms with Crippen molar-refractivity contribution < 1.29 is 31.3 Å².